The first kappa shape index (κ1) is 24.4. The molecule has 2 N–H and O–H groups in total. The molecule has 4 aromatic carbocycles. The second-order valence-electron chi connectivity index (χ2n) is 9.00. The van der Waals surface area contributed by atoms with Crippen LogP contribution in [-0.2, 0) is 22.4 Å². The van der Waals surface area contributed by atoms with Gasteiger partial charge in [-0.3, -0.25) is 9.59 Å². The molecule has 0 amide bonds. The minimum Gasteiger partial charge on any atom is -0.480 e. The van der Waals surface area contributed by atoms with Gasteiger partial charge in [0.2, 0.25) is 0 Å². The maximum atomic E-state index is 12.0. The molecule has 0 aliphatic carbocycles. The van der Waals surface area contributed by atoms with Crippen molar-refractivity contribution in [2.24, 2.45) is 0 Å². The number of carboxylic acids is 2. The van der Waals surface area contributed by atoms with E-state index in [0.29, 0.717) is 0 Å². The van der Waals surface area contributed by atoms with Crippen molar-refractivity contribution >= 4 is 65.3 Å². The number of benzene rings is 4. The number of halogens is 2. The lowest BCUT2D eigenvalue weighted by molar-refractivity contribution is -0.140. The monoisotopic (exact) mass is 582 g/mol. The fraction of sp³-hybridized carbons (Fsp3) is 0.214. The van der Waals surface area contributed by atoms with E-state index in [1.54, 1.807) is 13.8 Å². The van der Waals surface area contributed by atoms with Crippen molar-refractivity contribution in [2.75, 3.05) is 0 Å². The summed E-state index contributed by atoms with van der Waals surface area (Å²) < 4.78 is -2.31. The number of carbonyl (C=O) groups is 2. The maximum absolute atomic E-state index is 12.0. The molecule has 0 heterocycles. The Hall–Kier alpha value is -2.70. The summed E-state index contributed by atoms with van der Waals surface area (Å²) in [4.78, 5) is 23.9. The highest BCUT2D eigenvalue weighted by Crippen LogP contribution is 2.42. The van der Waals surface area contributed by atoms with Crippen molar-refractivity contribution in [2.45, 2.75) is 35.3 Å². The zero-order chi connectivity index (χ0) is 24.7. The predicted molar refractivity (Wildman–Crippen MR) is 144 cm³/mol. The van der Waals surface area contributed by atoms with Crippen LogP contribution in [0.25, 0.3) is 32.7 Å². The van der Waals surface area contributed by atoms with Crippen molar-refractivity contribution in [1.29, 1.82) is 0 Å². The zero-order valence-corrected chi connectivity index (χ0v) is 22.0. The Kier molecular flexibility index (Phi) is 6.58. The van der Waals surface area contributed by atoms with E-state index in [9.17, 15) is 19.8 Å². The quantitative estimate of drug-likeness (QED) is 0.225. The normalized spacial score (nSPS) is 15.1. The molecule has 0 unspecified atom stereocenters. The van der Waals surface area contributed by atoms with Crippen LogP contribution in [0.4, 0.5) is 0 Å². The highest BCUT2D eigenvalue weighted by molar-refractivity contribution is 9.10. The Bertz CT molecular complexity index is 1310. The van der Waals surface area contributed by atoms with Crippen LogP contribution in [-0.4, -0.2) is 30.8 Å². The first-order chi connectivity index (χ1) is 16.0. The minimum atomic E-state index is -1.15. The Morgan fingerprint density at radius 3 is 1.35 bits per heavy atom. The molecule has 0 aliphatic heterocycles. The molecule has 0 saturated heterocycles. The third kappa shape index (κ3) is 4.62. The number of hydrogen-bond acceptors (Lipinski definition) is 2. The van der Waals surface area contributed by atoms with E-state index in [4.69, 9.17) is 0 Å². The summed E-state index contributed by atoms with van der Waals surface area (Å²) in [6.45, 7) is 3.30. The lowest BCUT2D eigenvalue weighted by Gasteiger charge is -2.25. The van der Waals surface area contributed by atoms with Gasteiger partial charge in [0.05, 0.1) is 0 Å². The molecular formula is C28H24Br2O4. The molecule has 0 radical (unpaired) electrons. The van der Waals surface area contributed by atoms with Crippen molar-refractivity contribution in [3.05, 3.63) is 83.9 Å². The van der Waals surface area contributed by atoms with E-state index < -0.39 is 20.6 Å². The van der Waals surface area contributed by atoms with Gasteiger partial charge in [-0.05, 0) is 70.5 Å². The van der Waals surface area contributed by atoms with E-state index in [1.165, 1.54) is 0 Å². The molecule has 34 heavy (non-hydrogen) atoms. The third-order valence-corrected chi connectivity index (χ3v) is 7.46. The van der Waals surface area contributed by atoms with Crippen molar-refractivity contribution < 1.29 is 19.8 Å². The van der Waals surface area contributed by atoms with Crippen LogP contribution in [0.15, 0.2) is 72.8 Å². The van der Waals surface area contributed by atoms with Crippen LogP contribution < -0.4 is 0 Å². The predicted octanol–water partition coefficient (Wildman–Crippen LogP) is 7.22. The number of rotatable bonds is 7. The molecule has 0 aliphatic rings. The molecule has 4 rings (SSSR count). The van der Waals surface area contributed by atoms with Crippen molar-refractivity contribution in [1.82, 2.24) is 0 Å². The first-order valence-electron chi connectivity index (χ1n) is 10.9. The van der Waals surface area contributed by atoms with Crippen molar-refractivity contribution in [3.8, 4) is 11.1 Å². The van der Waals surface area contributed by atoms with E-state index in [1.807, 2.05) is 72.8 Å². The Morgan fingerprint density at radius 2 is 1.00 bits per heavy atom. The zero-order valence-electron chi connectivity index (χ0n) is 18.8. The van der Waals surface area contributed by atoms with Gasteiger partial charge in [0.25, 0.3) is 0 Å². The fourth-order valence-corrected chi connectivity index (χ4v) is 4.99. The summed E-state index contributed by atoms with van der Waals surface area (Å²) in [6.07, 6.45) is 0.519. The van der Waals surface area contributed by atoms with Gasteiger partial charge in [-0.1, -0.05) is 105 Å². The van der Waals surface area contributed by atoms with Crippen LogP contribution in [0, 0.1) is 0 Å². The molecule has 174 valence electrons. The SMILES string of the molecule is C[C@](Br)(Cc1ccc2ccccc2c1-c1c(C[C@](C)(Br)C(=O)O)ccc2ccccc12)C(=O)O. The molecule has 6 heteroatoms. The topological polar surface area (TPSA) is 74.6 Å². The van der Waals surface area contributed by atoms with E-state index in [-0.39, 0.29) is 12.8 Å². The van der Waals surface area contributed by atoms with E-state index >= 15 is 0 Å². The Balaban J connectivity index is 2.11. The fourth-order valence-electron chi connectivity index (χ4n) is 4.39. The van der Waals surface area contributed by atoms with Gasteiger partial charge >= 0.3 is 11.9 Å². The number of carboxylic acid groups (broad SMARTS) is 2. The molecule has 4 nitrogen and oxygen atoms in total. The van der Waals surface area contributed by atoms with Crippen LogP contribution in [0.2, 0.25) is 0 Å². The van der Waals surface area contributed by atoms with Crippen LogP contribution >= 0.6 is 31.9 Å². The summed E-state index contributed by atoms with van der Waals surface area (Å²) in [6, 6.07) is 24.0. The number of fused-ring (bicyclic) bond motifs is 2. The summed E-state index contributed by atoms with van der Waals surface area (Å²) in [7, 11) is 0. The van der Waals surface area contributed by atoms with Gasteiger partial charge in [0, 0.05) is 0 Å². The third-order valence-electron chi connectivity index (χ3n) is 6.22. The summed E-state index contributed by atoms with van der Waals surface area (Å²) in [5, 5.41) is 23.7. The highest BCUT2D eigenvalue weighted by Gasteiger charge is 2.34. The van der Waals surface area contributed by atoms with Crippen LogP contribution in [0.3, 0.4) is 0 Å². The molecule has 0 fully saturated rings. The summed E-state index contributed by atoms with van der Waals surface area (Å²) in [5.41, 5.74) is 3.63. The van der Waals surface area contributed by atoms with Gasteiger partial charge in [-0.15, -0.1) is 0 Å². The lowest BCUT2D eigenvalue weighted by atomic mass is 9.82. The standard InChI is InChI=1S/C28H24Br2O4/c1-27(29,25(31)32)15-19-13-11-17-7-3-5-9-21(17)23(19)24-20(16-28(2,30)26(33)34)14-12-18-8-4-6-10-22(18)24/h3-14H,15-16H2,1-2H3,(H,31,32)(H,33,34)/t27-,28-/m0/s1. The Labute approximate surface area is 214 Å². The number of aliphatic carboxylic acids is 2. The van der Waals surface area contributed by atoms with Gasteiger partial charge in [0.1, 0.15) is 8.65 Å². The van der Waals surface area contributed by atoms with Crippen molar-refractivity contribution in [3.63, 3.8) is 0 Å². The number of alkyl halides is 2. The molecule has 4 aromatic rings. The van der Waals surface area contributed by atoms with Gasteiger partial charge in [-0.2, -0.15) is 0 Å². The largest absolute Gasteiger partial charge is 0.480 e. The highest BCUT2D eigenvalue weighted by atomic mass is 79.9. The average Bonchev–Trinajstić information content (AvgIpc) is 2.79. The first-order valence-corrected chi connectivity index (χ1v) is 12.5. The Morgan fingerprint density at radius 1 is 0.647 bits per heavy atom. The second-order valence-corrected chi connectivity index (χ2v) is 12.5. The maximum Gasteiger partial charge on any atom is 0.320 e. The second kappa shape index (κ2) is 9.16. The van der Waals surface area contributed by atoms with Gasteiger partial charge < -0.3 is 10.2 Å². The number of hydrogen-bond donors (Lipinski definition) is 2. The van der Waals surface area contributed by atoms with Crippen LogP contribution in [0.1, 0.15) is 25.0 Å². The smallest absolute Gasteiger partial charge is 0.320 e. The minimum absolute atomic E-state index is 0.260. The van der Waals surface area contributed by atoms with E-state index in [2.05, 4.69) is 31.9 Å². The lowest BCUT2D eigenvalue weighted by Crippen LogP contribution is -2.31. The molecular weight excluding hydrogens is 560 g/mol. The molecule has 0 bridgehead atoms. The summed E-state index contributed by atoms with van der Waals surface area (Å²) in [5.74, 6) is -1.88. The molecule has 2 atom stereocenters. The molecule has 0 saturated carbocycles. The van der Waals surface area contributed by atoms with E-state index in [0.717, 1.165) is 43.8 Å². The van der Waals surface area contributed by atoms with Crippen LogP contribution in [0.5, 0.6) is 0 Å². The van der Waals surface area contributed by atoms with Gasteiger partial charge in [0.15, 0.2) is 0 Å². The van der Waals surface area contributed by atoms with Gasteiger partial charge in [-0.25, -0.2) is 0 Å². The summed E-state index contributed by atoms with van der Waals surface area (Å²) >= 11 is 6.81. The molecule has 0 aromatic heterocycles. The average molecular weight is 584 g/mol. The molecule has 0 spiro atoms.